The number of rotatable bonds is 1. The number of amides is 2. The van der Waals surface area contributed by atoms with Crippen LogP contribution in [0, 0.1) is 0 Å². The van der Waals surface area contributed by atoms with Crippen LogP contribution in [0.1, 0.15) is 12.8 Å². The van der Waals surface area contributed by atoms with Gasteiger partial charge in [-0.25, -0.2) is 4.79 Å². The summed E-state index contributed by atoms with van der Waals surface area (Å²) in [5.41, 5.74) is 0.466. The molecule has 92 valence electrons. The maximum Gasteiger partial charge on any atom is 0.321 e. The highest BCUT2D eigenvalue weighted by Crippen LogP contribution is 2.34. The van der Waals surface area contributed by atoms with Crippen LogP contribution < -0.4 is 5.32 Å². The second kappa shape index (κ2) is 5.46. The van der Waals surface area contributed by atoms with Crippen LogP contribution in [-0.4, -0.2) is 24.0 Å². The lowest BCUT2D eigenvalue weighted by atomic mass is 10.3. The topological polar surface area (TPSA) is 32.3 Å². The molecule has 0 radical (unpaired) electrons. The molecule has 6 heteroatoms. The Labute approximate surface area is 118 Å². The molecule has 1 N–H and O–H groups in total. The normalized spacial score (nSPS) is 15.1. The quantitative estimate of drug-likeness (QED) is 0.810. The Morgan fingerprint density at radius 2 is 1.76 bits per heavy atom. The van der Waals surface area contributed by atoms with Crippen molar-refractivity contribution >= 4 is 50.9 Å². The Bertz CT molecular complexity index is 424. The van der Waals surface area contributed by atoms with E-state index in [2.05, 4.69) is 21.2 Å². The molecular formula is C11H11BrCl2N2O. The molecule has 0 aromatic heterocycles. The van der Waals surface area contributed by atoms with Crippen molar-refractivity contribution in [3.63, 3.8) is 0 Å². The maximum absolute atomic E-state index is 11.9. The van der Waals surface area contributed by atoms with Gasteiger partial charge in [0.05, 0.1) is 15.7 Å². The van der Waals surface area contributed by atoms with Crippen molar-refractivity contribution in [2.75, 3.05) is 18.4 Å². The first-order chi connectivity index (χ1) is 8.08. The molecule has 1 aromatic rings. The number of likely N-dealkylation sites (tertiary alicyclic amines) is 1. The second-order valence-corrected chi connectivity index (χ2v) is 5.60. The monoisotopic (exact) mass is 336 g/mol. The van der Waals surface area contributed by atoms with Crippen LogP contribution >= 0.6 is 39.1 Å². The van der Waals surface area contributed by atoms with Crippen LogP contribution in [0.5, 0.6) is 0 Å². The van der Waals surface area contributed by atoms with Gasteiger partial charge in [-0.05, 0) is 25.0 Å². The van der Waals surface area contributed by atoms with Gasteiger partial charge in [0.15, 0.2) is 0 Å². The Hall–Kier alpha value is -0.450. The largest absolute Gasteiger partial charge is 0.325 e. The van der Waals surface area contributed by atoms with E-state index >= 15 is 0 Å². The van der Waals surface area contributed by atoms with E-state index in [1.54, 1.807) is 17.0 Å². The van der Waals surface area contributed by atoms with E-state index < -0.39 is 0 Å². The maximum atomic E-state index is 11.9. The zero-order valence-corrected chi connectivity index (χ0v) is 12.1. The first kappa shape index (κ1) is 13.0. The standard InChI is InChI=1S/C11H11BrCl2N2O/c12-7-5-8(13)10(9(14)6-7)15-11(17)16-3-1-2-4-16/h5-6H,1-4H2,(H,15,17). The van der Waals surface area contributed by atoms with E-state index in [1.807, 2.05) is 0 Å². The molecule has 0 aliphatic carbocycles. The number of nitrogens with one attached hydrogen (secondary N) is 1. The highest BCUT2D eigenvalue weighted by molar-refractivity contribution is 9.10. The number of urea groups is 1. The number of halogens is 3. The summed E-state index contributed by atoms with van der Waals surface area (Å²) in [6, 6.07) is 3.26. The van der Waals surface area contributed by atoms with E-state index in [1.165, 1.54) is 0 Å². The molecule has 1 aromatic carbocycles. The van der Waals surface area contributed by atoms with Crippen LogP contribution in [0.25, 0.3) is 0 Å². The molecule has 1 saturated heterocycles. The predicted molar refractivity (Wildman–Crippen MR) is 74.0 cm³/mol. The van der Waals surface area contributed by atoms with Crippen molar-refractivity contribution in [2.45, 2.75) is 12.8 Å². The molecule has 1 fully saturated rings. The number of nitrogens with zero attached hydrogens (tertiary/aromatic N) is 1. The molecule has 1 aliphatic rings. The molecule has 0 saturated carbocycles. The number of carbonyl (C=O) groups excluding carboxylic acids is 1. The van der Waals surface area contributed by atoms with Crippen molar-refractivity contribution in [3.05, 3.63) is 26.7 Å². The predicted octanol–water partition coefficient (Wildman–Crippen LogP) is 4.38. The van der Waals surface area contributed by atoms with Crippen molar-refractivity contribution < 1.29 is 4.79 Å². The fraction of sp³-hybridized carbons (Fsp3) is 0.364. The van der Waals surface area contributed by atoms with Gasteiger partial charge < -0.3 is 10.2 Å². The molecule has 2 rings (SSSR count). The minimum absolute atomic E-state index is 0.145. The van der Waals surface area contributed by atoms with Crippen molar-refractivity contribution in [1.82, 2.24) is 4.90 Å². The van der Waals surface area contributed by atoms with Crippen molar-refractivity contribution in [2.24, 2.45) is 0 Å². The lowest BCUT2D eigenvalue weighted by molar-refractivity contribution is 0.222. The summed E-state index contributed by atoms with van der Waals surface area (Å²) in [4.78, 5) is 13.6. The fourth-order valence-corrected chi connectivity index (χ4v) is 3.07. The summed E-state index contributed by atoms with van der Waals surface area (Å²) in [6.07, 6.45) is 2.10. The third-order valence-corrected chi connectivity index (χ3v) is 3.69. The molecule has 0 atom stereocenters. The summed E-state index contributed by atoms with van der Waals surface area (Å²) in [7, 11) is 0. The number of anilines is 1. The highest BCUT2D eigenvalue weighted by atomic mass is 79.9. The van der Waals surface area contributed by atoms with E-state index in [0.717, 1.165) is 30.4 Å². The highest BCUT2D eigenvalue weighted by Gasteiger charge is 2.19. The first-order valence-corrected chi connectivity index (χ1v) is 6.83. The number of hydrogen-bond acceptors (Lipinski definition) is 1. The van der Waals surface area contributed by atoms with Crippen LogP contribution in [0.3, 0.4) is 0 Å². The zero-order valence-electron chi connectivity index (χ0n) is 8.97. The van der Waals surface area contributed by atoms with Crippen molar-refractivity contribution in [3.8, 4) is 0 Å². The average molecular weight is 338 g/mol. The molecule has 0 bridgehead atoms. The molecule has 2 amide bonds. The van der Waals surface area contributed by atoms with Gasteiger partial charge in [0.1, 0.15) is 0 Å². The third-order valence-electron chi connectivity index (χ3n) is 2.63. The molecule has 3 nitrogen and oxygen atoms in total. The number of carbonyl (C=O) groups is 1. The van der Waals surface area contributed by atoms with E-state index in [0.29, 0.717) is 15.7 Å². The van der Waals surface area contributed by atoms with Crippen LogP contribution in [-0.2, 0) is 0 Å². The summed E-state index contributed by atoms with van der Waals surface area (Å²) in [5.74, 6) is 0. The first-order valence-electron chi connectivity index (χ1n) is 5.28. The Morgan fingerprint density at radius 3 is 2.29 bits per heavy atom. The summed E-state index contributed by atoms with van der Waals surface area (Å²) in [6.45, 7) is 1.58. The lowest BCUT2D eigenvalue weighted by Crippen LogP contribution is -2.32. The van der Waals surface area contributed by atoms with Gasteiger partial charge in [-0.3, -0.25) is 0 Å². The minimum atomic E-state index is -0.145. The molecular weight excluding hydrogens is 327 g/mol. The van der Waals surface area contributed by atoms with Gasteiger partial charge >= 0.3 is 6.03 Å². The van der Waals surface area contributed by atoms with E-state index in [-0.39, 0.29) is 6.03 Å². The summed E-state index contributed by atoms with van der Waals surface area (Å²) < 4.78 is 0.784. The van der Waals surface area contributed by atoms with Gasteiger partial charge in [-0.1, -0.05) is 39.1 Å². The van der Waals surface area contributed by atoms with Gasteiger partial charge in [-0.15, -0.1) is 0 Å². The van der Waals surface area contributed by atoms with Gasteiger partial charge in [0.2, 0.25) is 0 Å². The molecule has 17 heavy (non-hydrogen) atoms. The van der Waals surface area contributed by atoms with Crippen LogP contribution in [0.4, 0.5) is 10.5 Å². The van der Waals surface area contributed by atoms with Gasteiger partial charge in [0.25, 0.3) is 0 Å². The average Bonchev–Trinajstić information content (AvgIpc) is 2.76. The van der Waals surface area contributed by atoms with E-state index in [4.69, 9.17) is 23.2 Å². The Balaban J connectivity index is 2.15. The Kier molecular flexibility index (Phi) is 4.17. The molecule has 0 spiro atoms. The Morgan fingerprint density at radius 1 is 1.24 bits per heavy atom. The minimum Gasteiger partial charge on any atom is -0.325 e. The summed E-state index contributed by atoms with van der Waals surface area (Å²) >= 11 is 15.4. The van der Waals surface area contributed by atoms with Crippen LogP contribution in [0.2, 0.25) is 10.0 Å². The van der Waals surface area contributed by atoms with Crippen LogP contribution in [0.15, 0.2) is 16.6 Å². The number of hydrogen-bond donors (Lipinski definition) is 1. The fourth-order valence-electron chi connectivity index (χ4n) is 1.77. The lowest BCUT2D eigenvalue weighted by Gasteiger charge is -2.17. The zero-order chi connectivity index (χ0) is 12.4. The smallest absolute Gasteiger partial charge is 0.321 e. The van der Waals surface area contributed by atoms with Gasteiger partial charge in [0, 0.05) is 17.6 Å². The summed E-state index contributed by atoms with van der Waals surface area (Å²) in [5, 5.41) is 3.61. The van der Waals surface area contributed by atoms with E-state index in [9.17, 15) is 4.79 Å². The van der Waals surface area contributed by atoms with Gasteiger partial charge in [-0.2, -0.15) is 0 Å². The molecule has 1 aliphatic heterocycles. The number of benzene rings is 1. The SMILES string of the molecule is O=C(Nc1c(Cl)cc(Br)cc1Cl)N1CCCC1. The van der Waals surface area contributed by atoms with Crippen molar-refractivity contribution in [1.29, 1.82) is 0 Å². The second-order valence-electron chi connectivity index (χ2n) is 3.87. The molecule has 0 unspecified atom stereocenters. The third kappa shape index (κ3) is 3.06. The molecule has 1 heterocycles.